The lowest BCUT2D eigenvalue weighted by Crippen LogP contribution is -2.28. The number of rotatable bonds is 4. The van der Waals surface area contributed by atoms with Gasteiger partial charge in [-0.05, 0) is 31.5 Å². The van der Waals surface area contributed by atoms with E-state index in [1.54, 1.807) is 7.11 Å². The molecule has 1 aromatic carbocycles. The average molecular weight is 253 g/mol. The minimum absolute atomic E-state index is 0.104. The highest BCUT2D eigenvalue weighted by Crippen LogP contribution is 2.41. The zero-order valence-electron chi connectivity index (χ0n) is 10.5. The summed E-state index contributed by atoms with van der Waals surface area (Å²) in [6.45, 7) is 5.11. The summed E-state index contributed by atoms with van der Waals surface area (Å²) in [4.78, 5) is 0.871. The first kappa shape index (κ1) is 12.6. The molecule has 94 valence electrons. The van der Waals surface area contributed by atoms with Crippen LogP contribution < -0.4 is 10.1 Å². The largest absolute Gasteiger partial charge is 0.495 e. The Kier molecular flexibility index (Phi) is 3.84. The van der Waals surface area contributed by atoms with Crippen molar-refractivity contribution in [3.63, 3.8) is 0 Å². The third-order valence-corrected chi connectivity index (χ3v) is 4.97. The van der Waals surface area contributed by atoms with Crippen LogP contribution in [0.5, 0.6) is 5.75 Å². The maximum atomic E-state index is 12.3. The van der Waals surface area contributed by atoms with Crippen LogP contribution in [0.4, 0.5) is 0 Å². The lowest BCUT2D eigenvalue weighted by molar-refractivity contribution is 0.402. The third kappa shape index (κ3) is 2.11. The van der Waals surface area contributed by atoms with E-state index in [2.05, 4.69) is 12.2 Å². The van der Waals surface area contributed by atoms with E-state index in [-0.39, 0.29) is 11.3 Å². The van der Waals surface area contributed by atoms with E-state index in [1.807, 2.05) is 25.1 Å². The van der Waals surface area contributed by atoms with Gasteiger partial charge in [0, 0.05) is 6.04 Å². The predicted molar refractivity (Wildman–Crippen MR) is 69.9 cm³/mol. The summed E-state index contributed by atoms with van der Waals surface area (Å²) in [7, 11) is 0.654. The van der Waals surface area contributed by atoms with Crippen LogP contribution in [0, 0.1) is 0 Å². The molecule has 0 saturated carbocycles. The van der Waals surface area contributed by atoms with Gasteiger partial charge in [0.05, 0.1) is 28.1 Å². The lowest BCUT2D eigenvalue weighted by atomic mass is 10.0. The normalized spacial score (nSPS) is 26.9. The fourth-order valence-electron chi connectivity index (χ4n) is 2.29. The maximum Gasteiger partial charge on any atom is 0.135 e. The molecule has 0 bridgehead atoms. The second-order valence-electron chi connectivity index (χ2n) is 4.31. The molecule has 0 aromatic heterocycles. The van der Waals surface area contributed by atoms with Gasteiger partial charge in [-0.3, -0.25) is 4.21 Å². The van der Waals surface area contributed by atoms with Crippen LogP contribution in [0.2, 0.25) is 0 Å². The molecule has 0 saturated heterocycles. The average Bonchev–Trinajstić information content (AvgIpc) is 2.60. The van der Waals surface area contributed by atoms with E-state index in [0.717, 1.165) is 29.2 Å². The predicted octanol–water partition coefficient (Wildman–Crippen LogP) is 2.25. The molecular formula is C13H19NO2S. The van der Waals surface area contributed by atoms with Crippen LogP contribution in [-0.2, 0) is 10.8 Å². The Morgan fingerprint density at radius 3 is 2.88 bits per heavy atom. The molecule has 0 aliphatic carbocycles. The van der Waals surface area contributed by atoms with Crippen molar-refractivity contribution in [1.82, 2.24) is 5.32 Å². The monoisotopic (exact) mass is 253 g/mol. The Morgan fingerprint density at radius 1 is 1.47 bits per heavy atom. The quantitative estimate of drug-likeness (QED) is 0.894. The Balaban J connectivity index is 2.40. The van der Waals surface area contributed by atoms with Gasteiger partial charge in [0.2, 0.25) is 0 Å². The molecular weight excluding hydrogens is 234 g/mol. The number of hydrogen-bond donors (Lipinski definition) is 1. The summed E-state index contributed by atoms with van der Waals surface area (Å²) in [6.07, 6.45) is 1.08. The molecule has 1 aliphatic heterocycles. The van der Waals surface area contributed by atoms with Crippen LogP contribution in [0.3, 0.4) is 0 Å². The Hall–Kier alpha value is -0.870. The van der Waals surface area contributed by atoms with Gasteiger partial charge in [0.1, 0.15) is 5.75 Å². The molecule has 0 amide bonds. The number of nitrogens with one attached hydrogen (secondary N) is 1. The highest BCUT2D eigenvalue weighted by molar-refractivity contribution is 7.86. The van der Waals surface area contributed by atoms with Crippen LogP contribution in [0.15, 0.2) is 23.1 Å². The molecule has 1 aromatic rings. The van der Waals surface area contributed by atoms with Gasteiger partial charge in [-0.2, -0.15) is 0 Å². The molecule has 1 aliphatic rings. The number of hydrogen-bond acceptors (Lipinski definition) is 3. The van der Waals surface area contributed by atoms with Crippen molar-refractivity contribution in [2.45, 2.75) is 36.5 Å². The zero-order valence-corrected chi connectivity index (χ0v) is 11.3. The van der Waals surface area contributed by atoms with Crippen molar-refractivity contribution in [1.29, 1.82) is 0 Å². The number of fused-ring (bicyclic) bond motifs is 1. The first-order valence-electron chi connectivity index (χ1n) is 6.01. The standard InChI is InChI=1S/C13H19NO2S/c1-4-8-14-12-9(2)17(15)13-10(12)6-5-7-11(13)16-3/h5-7,9,12,14H,4,8H2,1-3H3. The van der Waals surface area contributed by atoms with Crippen molar-refractivity contribution in [2.24, 2.45) is 0 Å². The lowest BCUT2D eigenvalue weighted by Gasteiger charge is -2.16. The van der Waals surface area contributed by atoms with Gasteiger partial charge in [-0.1, -0.05) is 19.1 Å². The molecule has 0 spiro atoms. The summed E-state index contributed by atoms with van der Waals surface area (Å²) in [5, 5.41) is 3.57. The number of methoxy groups -OCH3 is 1. The van der Waals surface area contributed by atoms with Crippen LogP contribution in [0.1, 0.15) is 31.9 Å². The van der Waals surface area contributed by atoms with Gasteiger partial charge >= 0.3 is 0 Å². The van der Waals surface area contributed by atoms with Gasteiger partial charge < -0.3 is 10.1 Å². The second-order valence-corrected chi connectivity index (χ2v) is 6.06. The zero-order chi connectivity index (χ0) is 12.4. The SMILES string of the molecule is CCCNC1c2cccc(OC)c2S(=O)C1C. The maximum absolute atomic E-state index is 12.3. The first-order valence-corrected chi connectivity index (χ1v) is 7.22. The number of ether oxygens (including phenoxy) is 1. The summed E-state index contributed by atoms with van der Waals surface area (Å²) >= 11 is 0. The van der Waals surface area contributed by atoms with Crippen LogP contribution in [-0.4, -0.2) is 23.1 Å². The highest BCUT2D eigenvalue weighted by atomic mass is 32.2. The van der Waals surface area contributed by atoms with E-state index < -0.39 is 10.8 Å². The Bertz CT molecular complexity index is 433. The Labute approximate surface area is 105 Å². The molecule has 3 nitrogen and oxygen atoms in total. The molecule has 0 fully saturated rings. The van der Waals surface area contributed by atoms with Crippen molar-refractivity contribution < 1.29 is 8.95 Å². The van der Waals surface area contributed by atoms with Crippen molar-refractivity contribution >= 4 is 10.8 Å². The molecule has 3 atom stereocenters. The van der Waals surface area contributed by atoms with Crippen LogP contribution in [0.25, 0.3) is 0 Å². The smallest absolute Gasteiger partial charge is 0.135 e. The van der Waals surface area contributed by atoms with E-state index in [9.17, 15) is 4.21 Å². The third-order valence-electron chi connectivity index (χ3n) is 3.19. The van der Waals surface area contributed by atoms with E-state index >= 15 is 0 Å². The Morgan fingerprint density at radius 2 is 2.24 bits per heavy atom. The molecule has 0 radical (unpaired) electrons. The summed E-state index contributed by atoms with van der Waals surface area (Å²) in [5.41, 5.74) is 1.13. The van der Waals surface area contributed by atoms with Crippen LogP contribution >= 0.6 is 0 Å². The van der Waals surface area contributed by atoms with Crippen molar-refractivity contribution in [3.8, 4) is 5.75 Å². The van der Waals surface area contributed by atoms with Crippen molar-refractivity contribution in [3.05, 3.63) is 23.8 Å². The molecule has 17 heavy (non-hydrogen) atoms. The van der Waals surface area contributed by atoms with Gasteiger partial charge in [-0.15, -0.1) is 0 Å². The second kappa shape index (κ2) is 5.19. The minimum atomic E-state index is -0.975. The fraction of sp³-hybridized carbons (Fsp3) is 0.538. The summed E-state index contributed by atoms with van der Waals surface area (Å²) < 4.78 is 17.6. The highest BCUT2D eigenvalue weighted by Gasteiger charge is 2.37. The summed E-state index contributed by atoms with van der Waals surface area (Å²) in [6, 6.07) is 6.08. The molecule has 2 rings (SSSR count). The first-order chi connectivity index (χ1) is 8.20. The molecule has 4 heteroatoms. The van der Waals surface area contributed by atoms with E-state index in [1.165, 1.54) is 0 Å². The minimum Gasteiger partial charge on any atom is -0.495 e. The fourth-order valence-corrected chi connectivity index (χ4v) is 3.93. The topological polar surface area (TPSA) is 38.3 Å². The van der Waals surface area contributed by atoms with Crippen molar-refractivity contribution in [2.75, 3.05) is 13.7 Å². The molecule has 3 unspecified atom stereocenters. The molecule has 1 N–H and O–H groups in total. The van der Waals surface area contributed by atoms with Gasteiger partial charge in [0.15, 0.2) is 0 Å². The van der Waals surface area contributed by atoms with E-state index in [4.69, 9.17) is 4.74 Å². The number of benzene rings is 1. The van der Waals surface area contributed by atoms with E-state index in [0.29, 0.717) is 0 Å². The van der Waals surface area contributed by atoms with Gasteiger partial charge in [-0.25, -0.2) is 0 Å². The van der Waals surface area contributed by atoms with Gasteiger partial charge in [0.25, 0.3) is 0 Å². The molecule has 1 heterocycles. The summed E-state index contributed by atoms with van der Waals surface area (Å²) in [5.74, 6) is 0.744.